The quantitative estimate of drug-likeness (QED) is 0.195. The van der Waals surface area contributed by atoms with Crippen LogP contribution in [0.4, 0.5) is 0 Å². The fraction of sp³-hybridized carbons (Fsp3) is 0. The van der Waals surface area contributed by atoms with Gasteiger partial charge in [-0.15, -0.1) is 22.7 Å². The SMILES string of the molecule is c1cc(-c2cccc3c2sc2ccccc23)cc(-c2cccc3c2sc2nc(-n4c5ccccc5c5ccccc54)ccc23)c1. The van der Waals surface area contributed by atoms with Crippen LogP contribution in [-0.2, 0) is 0 Å². The molecule has 45 heavy (non-hydrogen) atoms. The number of pyridine rings is 1. The number of nitrogens with zero attached hydrogens (tertiary/aromatic N) is 2. The Morgan fingerprint density at radius 2 is 0.978 bits per heavy atom. The second kappa shape index (κ2) is 9.60. The van der Waals surface area contributed by atoms with Gasteiger partial charge in [0.2, 0.25) is 0 Å². The molecule has 0 aliphatic heterocycles. The molecule has 0 bridgehead atoms. The molecule has 0 unspecified atom stereocenters. The maximum absolute atomic E-state index is 5.29. The van der Waals surface area contributed by atoms with E-state index in [0.29, 0.717) is 0 Å². The summed E-state index contributed by atoms with van der Waals surface area (Å²) < 4.78 is 6.25. The lowest BCUT2D eigenvalue weighted by molar-refractivity contribution is 1.11. The van der Waals surface area contributed by atoms with Gasteiger partial charge in [-0.3, -0.25) is 4.57 Å². The van der Waals surface area contributed by atoms with E-state index < -0.39 is 0 Å². The smallest absolute Gasteiger partial charge is 0.139 e. The molecule has 0 N–H and O–H groups in total. The Morgan fingerprint density at radius 1 is 0.422 bits per heavy atom. The number of rotatable bonds is 3. The molecular formula is C41H24N2S2. The average molecular weight is 609 g/mol. The maximum Gasteiger partial charge on any atom is 0.139 e. The molecule has 10 aromatic rings. The molecule has 0 fully saturated rings. The van der Waals surface area contributed by atoms with E-state index in [1.165, 1.54) is 79.7 Å². The number of hydrogen-bond acceptors (Lipinski definition) is 3. The standard InChI is InChI=1S/C41H24N2S2/c1-4-19-35-29(12-1)30-13-2-5-20-36(30)43(35)38-23-22-34-33-18-9-16-28(40(33)45-41(34)42-38)26-11-7-10-25(24-26)27-15-8-17-32-31-14-3-6-21-37(31)44-39(27)32/h1-24H. The Balaban J connectivity index is 1.14. The molecule has 0 aliphatic rings. The fourth-order valence-electron chi connectivity index (χ4n) is 7.02. The van der Waals surface area contributed by atoms with Crippen molar-refractivity contribution in [1.29, 1.82) is 0 Å². The van der Waals surface area contributed by atoms with Crippen LogP contribution in [0, 0.1) is 0 Å². The summed E-state index contributed by atoms with van der Waals surface area (Å²) in [5.74, 6) is 0.950. The summed E-state index contributed by atoms with van der Waals surface area (Å²) in [7, 11) is 0. The molecule has 6 aromatic carbocycles. The lowest BCUT2D eigenvalue weighted by Gasteiger charge is -2.08. The predicted molar refractivity (Wildman–Crippen MR) is 195 cm³/mol. The molecular weight excluding hydrogens is 585 g/mol. The third-order valence-electron chi connectivity index (χ3n) is 9.05. The first-order valence-corrected chi connectivity index (χ1v) is 16.8. The average Bonchev–Trinajstić information content (AvgIpc) is 3.77. The van der Waals surface area contributed by atoms with Crippen molar-refractivity contribution in [2.24, 2.45) is 0 Å². The highest BCUT2D eigenvalue weighted by atomic mass is 32.1. The molecule has 0 spiro atoms. The van der Waals surface area contributed by atoms with Gasteiger partial charge in [0.05, 0.1) is 11.0 Å². The van der Waals surface area contributed by atoms with Gasteiger partial charge in [-0.05, 0) is 58.7 Å². The van der Waals surface area contributed by atoms with Crippen molar-refractivity contribution in [3.05, 3.63) is 146 Å². The van der Waals surface area contributed by atoms with Gasteiger partial charge in [0.15, 0.2) is 0 Å². The minimum absolute atomic E-state index is 0.950. The van der Waals surface area contributed by atoms with Crippen molar-refractivity contribution in [2.45, 2.75) is 0 Å². The van der Waals surface area contributed by atoms with Crippen LogP contribution in [0.5, 0.6) is 0 Å². The zero-order valence-electron chi connectivity index (χ0n) is 24.1. The monoisotopic (exact) mass is 608 g/mol. The summed E-state index contributed by atoms with van der Waals surface area (Å²) in [4.78, 5) is 6.35. The topological polar surface area (TPSA) is 17.8 Å². The molecule has 210 valence electrons. The highest BCUT2D eigenvalue weighted by Gasteiger charge is 2.17. The highest BCUT2D eigenvalue weighted by molar-refractivity contribution is 7.26. The second-order valence-electron chi connectivity index (χ2n) is 11.5. The van der Waals surface area contributed by atoms with E-state index in [4.69, 9.17) is 4.98 Å². The number of thiophene rings is 2. The highest BCUT2D eigenvalue weighted by Crippen LogP contribution is 2.43. The lowest BCUT2D eigenvalue weighted by Crippen LogP contribution is -1.96. The zero-order valence-corrected chi connectivity index (χ0v) is 25.7. The number of para-hydroxylation sites is 2. The Kier molecular flexibility index (Phi) is 5.35. The first kappa shape index (κ1) is 25.1. The van der Waals surface area contributed by atoms with Crippen molar-refractivity contribution in [3.63, 3.8) is 0 Å². The summed E-state index contributed by atoms with van der Waals surface area (Å²) >= 11 is 3.67. The molecule has 0 saturated heterocycles. The van der Waals surface area contributed by atoms with Crippen molar-refractivity contribution in [3.8, 4) is 28.1 Å². The molecule has 4 heterocycles. The van der Waals surface area contributed by atoms with Crippen LogP contribution >= 0.6 is 22.7 Å². The van der Waals surface area contributed by atoms with E-state index in [9.17, 15) is 0 Å². The summed E-state index contributed by atoms with van der Waals surface area (Å²) in [6.45, 7) is 0. The summed E-state index contributed by atoms with van der Waals surface area (Å²) in [5.41, 5.74) is 7.37. The van der Waals surface area contributed by atoms with E-state index in [2.05, 4.69) is 150 Å². The Hall–Kier alpha value is -5.29. The largest absolute Gasteiger partial charge is 0.294 e. The van der Waals surface area contributed by atoms with E-state index in [1.807, 2.05) is 11.3 Å². The third-order valence-corrected chi connectivity index (χ3v) is 11.4. The van der Waals surface area contributed by atoms with Crippen LogP contribution in [0.1, 0.15) is 0 Å². The first-order chi connectivity index (χ1) is 22.3. The van der Waals surface area contributed by atoms with Gasteiger partial charge in [0.25, 0.3) is 0 Å². The number of fused-ring (bicyclic) bond motifs is 9. The van der Waals surface area contributed by atoms with Crippen LogP contribution in [0.15, 0.2) is 146 Å². The number of benzene rings is 6. The Bertz CT molecular complexity index is 2720. The third kappa shape index (κ3) is 3.70. The van der Waals surface area contributed by atoms with E-state index in [-0.39, 0.29) is 0 Å². The lowest BCUT2D eigenvalue weighted by atomic mass is 9.97. The Labute approximate surface area is 267 Å². The van der Waals surface area contributed by atoms with Gasteiger partial charge in [0.1, 0.15) is 10.6 Å². The fourth-order valence-corrected chi connectivity index (χ4v) is 9.46. The molecule has 4 heteroatoms. The van der Waals surface area contributed by atoms with Gasteiger partial charge in [-0.1, -0.05) is 109 Å². The van der Waals surface area contributed by atoms with Gasteiger partial charge >= 0.3 is 0 Å². The molecule has 0 aliphatic carbocycles. The van der Waals surface area contributed by atoms with Gasteiger partial charge < -0.3 is 0 Å². The minimum Gasteiger partial charge on any atom is -0.294 e. The first-order valence-electron chi connectivity index (χ1n) is 15.1. The van der Waals surface area contributed by atoms with Crippen molar-refractivity contribution >= 4 is 85.0 Å². The summed E-state index contributed by atoms with van der Waals surface area (Å²) in [5, 5.41) is 7.62. The van der Waals surface area contributed by atoms with Crippen LogP contribution in [0.25, 0.3) is 90.4 Å². The molecule has 0 saturated carbocycles. The van der Waals surface area contributed by atoms with Crippen molar-refractivity contribution < 1.29 is 0 Å². The van der Waals surface area contributed by atoms with Crippen LogP contribution < -0.4 is 0 Å². The maximum atomic E-state index is 5.29. The van der Waals surface area contributed by atoms with E-state index >= 15 is 0 Å². The number of hydrogen-bond donors (Lipinski definition) is 0. The van der Waals surface area contributed by atoms with Crippen LogP contribution in [-0.4, -0.2) is 9.55 Å². The Morgan fingerprint density at radius 3 is 1.69 bits per heavy atom. The van der Waals surface area contributed by atoms with E-state index in [0.717, 1.165) is 10.6 Å². The second-order valence-corrected chi connectivity index (χ2v) is 13.6. The molecule has 2 nitrogen and oxygen atoms in total. The van der Waals surface area contributed by atoms with Crippen LogP contribution in [0.2, 0.25) is 0 Å². The minimum atomic E-state index is 0.950. The van der Waals surface area contributed by atoms with Gasteiger partial charge in [-0.2, -0.15) is 0 Å². The van der Waals surface area contributed by atoms with Crippen molar-refractivity contribution in [2.75, 3.05) is 0 Å². The summed E-state index contributed by atoms with van der Waals surface area (Å²) in [6.07, 6.45) is 0. The number of aromatic nitrogens is 2. The zero-order chi connectivity index (χ0) is 29.5. The molecule has 0 atom stereocenters. The predicted octanol–water partition coefficient (Wildman–Crippen LogP) is 12.2. The van der Waals surface area contributed by atoms with Gasteiger partial charge in [-0.25, -0.2) is 4.98 Å². The molecule has 0 radical (unpaired) electrons. The normalized spacial score (nSPS) is 12.0. The van der Waals surface area contributed by atoms with Gasteiger partial charge in [0, 0.05) is 46.4 Å². The van der Waals surface area contributed by atoms with E-state index in [1.54, 1.807) is 11.3 Å². The molecule has 4 aromatic heterocycles. The van der Waals surface area contributed by atoms with Crippen LogP contribution in [0.3, 0.4) is 0 Å². The van der Waals surface area contributed by atoms with Crippen molar-refractivity contribution in [1.82, 2.24) is 9.55 Å². The molecule has 10 rings (SSSR count). The summed E-state index contributed by atoms with van der Waals surface area (Å²) in [6, 6.07) is 52.8. The molecule has 0 amide bonds.